The SMILES string of the molecule is COc1cccc(CN2C(=O)N(Cc3cnc(C)o3)C(=O)C3CC(S(=O)(=O)NC4(C)CC4)CCC32)c1. The van der Waals surface area contributed by atoms with Crippen LogP contribution in [-0.4, -0.2) is 59.1 Å². The van der Waals surface area contributed by atoms with Crippen molar-refractivity contribution in [2.24, 2.45) is 5.92 Å². The van der Waals surface area contributed by atoms with Crippen molar-refractivity contribution in [3.8, 4) is 5.75 Å². The number of urea groups is 1. The molecule has 36 heavy (non-hydrogen) atoms. The summed E-state index contributed by atoms with van der Waals surface area (Å²) in [6.07, 6.45) is 4.13. The molecule has 1 aromatic heterocycles. The van der Waals surface area contributed by atoms with E-state index in [1.807, 2.05) is 31.2 Å². The van der Waals surface area contributed by atoms with Crippen LogP contribution in [0, 0.1) is 12.8 Å². The number of benzene rings is 1. The Morgan fingerprint density at radius 1 is 1.22 bits per heavy atom. The number of nitrogens with zero attached hydrogens (tertiary/aromatic N) is 3. The molecule has 1 saturated heterocycles. The molecule has 1 aliphatic heterocycles. The van der Waals surface area contributed by atoms with Gasteiger partial charge in [-0.15, -0.1) is 0 Å². The Hall–Kier alpha value is -2.92. The van der Waals surface area contributed by atoms with Crippen molar-refractivity contribution in [1.82, 2.24) is 19.5 Å². The zero-order valence-electron chi connectivity index (χ0n) is 20.8. The molecule has 194 valence electrons. The van der Waals surface area contributed by atoms with Crippen molar-refractivity contribution in [3.63, 3.8) is 0 Å². The Morgan fingerprint density at radius 2 is 2.00 bits per heavy atom. The molecule has 3 atom stereocenters. The summed E-state index contributed by atoms with van der Waals surface area (Å²) in [5, 5.41) is -0.679. The van der Waals surface area contributed by atoms with E-state index < -0.39 is 27.2 Å². The standard InChI is InChI=1S/C25H32N4O6S/c1-16-26-13-19(35-16)15-29-23(30)21-12-20(36(32,33)27-25(2)9-10-25)7-8-22(21)28(24(29)31)14-17-5-4-6-18(11-17)34-3/h4-6,11,13,20-22,27H,7-10,12,14-15H2,1-3H3. The number of nitrogens with one attached hydrogen (secondary N) is 1. The highest BCUT2D eigenvalue weighted by molar-refractivity contribution is 7.90. The lowest BCUT2D eigenvalue weighted by atomic mass is 9.80. The molecular weight excluding hydrogens is 484 g/mol. The number of hydrogen-bond donors (Lipinski definition) is 1. The molecular formula is C25H32N4O6S. The molecule has 0 radical (unpaired) electrons. The molecule has 1 N–H and O–H groups in total. The lowest BCUT2D eigenvalue weighted by Gasteiger charge is -2.48. The molecule has 2 aliphatic carbocycles. The second kappa shape index (κ2) is 9.19. The third-order valence-corrected chi connectivity index (χ3v) is 9.61. The van der Waals surface area contributed by atoms with Gasteiger partial charge in [0.25, 0.3) is 0 Å². The molecule has 3 fully saturated rings. The number of carbonyl (C=O) groups excluding carboxylic acids is 2. The summed E-state index contributed by atoms with van der Waals surface area (Å²) in [7, 11) is -2.01. The molecule has 3 aliphatic rings. The van der Waals surface area contributed by atoms with Gasteiger partial charge >= 0.3 is 6.03 Å². The summed E-state index contributed by atoms with van der Waals surface area (Å²) >= 11 is 0. The van der Waals surface area contributed by atoms with Gasteiger partial charge in [-0.05, 0) is 56.7 Å². The van der Waals surface area contributed by atoms with Gasteiger partial charge in [0.1, 0.15) is 11.5 Å². The molecule has 10 nitrogen and oxygen atoms in total. The lowest BCUT2D eigenvalue weighted by molar-refractivity contribution is -0.141. The van der Waals surface area contributed by atoms with Crippen LogP contribution in [0.25, 0.3) is 0 Å². The van der Waals surface area contributed by atoms with Crippen molar-refractivity contribution in [2.75, 3.05) is 7.11 Å². The number of amides is 3. The summed E-state index contributed by atoms with van der Waals surface area (Å²) in [6, 6.07) is 6.65. The fourth-order valence-corrected chi connectivity index (χ4v) is 7.24. The van der Waals surface area contributed by atoms with Gasteiger partial charge in [-0.3, -0.25) is 9.69 Å². The van der Waals surface area contributed by atoms with E-state index >= 15 is 0 Å². The number of methoxy groups -OCH3 is 1. The van der Waals surface area contributed by atoms with Gasteiger partial charge in [-0.2, -0.15) is 0 Å². The van der Waals surface area contributed by atoms with Gasteiger partial charge in [0.15, 0.2) is 5.89 Å². The summed E-state index contributed by atoms with van der Waals surface area (Å²) in [5.74, 6) is 0.528. The summed E-state index contributed by atoms with van der Waals surface area (Å²) in [5.41, 5.74) is 0.487. The van der Waals surface area contributed by atoms with E-state index in [9.17, 15) is 18.0 Å². The normalized spacial score (nSPS) is 25.6. The predicted molar refractivity (Wildman–Crippen MR) is 130 cm³/mol. The zero-order valence-corrected chi connectivity index (χ0v) is 21.6. The Balaban J connectivity index is 1.43. The smallest absolute Gasteiger partial charge is 0.327 e. The van der Waals surface area contributed by atoms with Gasteiger partial charge in [0.2, 0.25) is 15.9 Å². The number of ether oxygens (including phenoxy) is 1. The molecule has 3 unspecified atom stereocenters. The minimum absolute atomic E-state index is 0.0515. The molecule has 2 aromatic rings. The van der Waals surface area contributed by atoms with Crippen LogP contribution in [0.3, 0.4) is 0 Å². The van der Waals surface area contributed by atoms with Crippen molar-refractivity contribution in [1.29, 1.82) is 0 Å². The highest BCUT2D eigenvalue weighted by Gasteiger charge is 2.52. The lowest BCUT2D eigenvalue weighted by Crippen LogP contribution is -2.63. The first kappa shape index (κ1) is 24.8. The number of aryl methyl sites for hydroxylation is 1. The van der Waals surface area contributed by atoms with E-state index in [0.717, 1.165) is 18.4 Å². The van der Waals surface area contributed by atoms with E-state index in [1.165, 1.54) is 11.1 Å². The Bertz CT molecular complexity index is 1270. The average molecular weight is 517 g/mol. The van der Waals surface area contributed by atoms with Crippen LogP contribution in [0.1, 0.15) is 56.2 Å². The number of rotatable bonds is 8. The van der Waals surface area contributed by atoms with Crippen LogP contribution in [0.4, 0.5) is 4.79 Å². The topological polar surface area (TPSA) is 122 Å². The molecule has 2 saturated carbocycles. The highest BCUT2D eigenvalue weighted by Crippen LogP contribution is 2.41. The molecule has 3 amide bonds. The molecule has 1 aromatic carbocycles. The second-order valence-corrected chi connectivity index (χ2v) is 12.3. The number of sulfonamides is 1. The van der Waals surface area contributed by atoms with Crippen LogP contribution < -0.4 is 9.46 Å². The van der Waals surface area contributed by atoms with Gasteiger partial charge in [-0.25, -0.2) is 22.9 Å². The minimum atomic E-state index is -3.59. The number of carbonyl (C=O) groups is 2. The molecule has 0 bridgehead atoms. The number of aromatic nitrogens is 1. The van der Waals surface area contributed by atoms with Gasteiger partial charge in [0.05, 0.1) is 31.0 Å². The molecule has 11 heteroatoms. The predicted octanol–water partition coefficient (Wildman–Crippen LogP) is 2.97. The minimum Gasteiger partial charge on any atom is -0.497 e. The molecule has 5 rings (SSSR count). The number of hydrogen-bond acceptors (Lipinski definition) is 7. The third-order valence-electron chi connectivity index (χ3n) is 7.52. The Labute approximate surface area is 211 Å². The summed E-state index contributed by atoms with van der Waals surface area (Å²) < 4.78 is 40.0. The van der Waals surface area contributed by atoms with E-state index in [2.05, 4.69) is 9.71 Å². The zero-order chi connectivity index (χ0) is 25.7. The average Bonchev–Trinajstić information content (AvgIpc) is 3.42. The van der Waals surface area contributed by atoms with Crippen LogP contribution in [0.5, 0.6) is 5.75 Å². The van der Waals surface area contributed by atoms with Crippen LogP contribution >= 0.6 is 0 Å². The van der Waals surface area contributed by atoms with Gasteiger partial charge in [-0.1, -0.05) is 12.1 Å². The van der Waals surface area contributed by atoms with Crippen molar-refractivity contribution in [2.45, 2.75) is 75.9 Å². The Kier molecular flexibility index (Phi) is 6.32. The fraction of sp³-hybridized carbons (Fsp3) is 0.560. The number of oxazole rings is 1. The first-order valence-corrected chi connectivity index (χ1v) is 13.8. The van der Waals surface area contributed by atoms with Crippen molar-refractivity contribution >= 4 is 22.0 Å². The summed E-state index contributed by atoms with van der Waals surface area (Å²) in [6.45, 7) is 3.82. The van der Waals surface area contributed by atoms with E-state index in [-0.39, 0.29) is 37.0 Å². The van der Waals surface area contributed by atoms with Crippen molar-refractivity contribution < 1.29 is 27.2 Å². The van der Waals surface area contributed by atoms with E-state index in [4.69, 9.17) is 9.15 Å². The first-order chi connectivity index (χ1) is 17.1. The number of fused-ring (bicyclic) bond motifs is 1. The van der Waals surface area contributed by atoms with Gasteiger partial charge < -0.3 is 14.1 Å². The van der Waals surface area contributed by atoms with Crippen LogP contribution in [0.15, 0.2) is 34.9 Å². The van der Waals surface area contributed by atoms with Crippen LogP contribution in [-0.2, 0) is 27.9 Å². The maximum atomic E-state index is 13.6. The number of imide groups is 1. The molecule has 0 spiro atoms. The van der Waals surface area contributed by atoms with Crippen LogP contribution in [0.2, 0.25) is 0 Å². The highest BCUT2D eigenvalue weighted by atomic mass is 32.2. The fourth-order valence-electron chi connectivity index (χ4n) is 5.28. The van der Waals surface area contributed by atoms with E-state index in [0.29, 0.717) is 30.2 Å². The summed E-state index contributed by atoms with van der Waals surface area (Å²) in [4.78, 5) is 34.2. The first-order valence-electron chi connectivity index (χ1n) is 12.3. The largest absolute Gasteiger partial charge is 0.497 e. The Morgan fingerprint density at radius 3 is 2.67 bits per heavy atom. The van der Waals surface area contributed by atoms with Crippen molar-refractivity contribution in [3.05, 3.63) is 47.7 Å². The monoisotopic (exact) mass is 516 g/mol. The second-order valence-electron chi connectivity index (χ2n) is 10.3. The quantitative estimate of drug-likeness (QED) is 0.572. The van der Waals surface area contributed by atoms with Gasteiger partial charge in [0, 0.05) is 25.0 Å². The maximum absolute atomic E-state index is 13.6. The maximum Gasteiger partial charge on any atom is 0.327 e. The third kappa shape index (κ3) is 4.86. The molecule has 2 heterocycles. The van der Waals surface area contributed by atoms with E-state index in [1.54, 1.807) is 18.9 Å².